The van der Waals surface area contributed by atoms with Crippen LogP contribution in [0.1, 0.15) is 24.3 Å². The first-order valence-corrected chi connectivity index (χ1v) is 11.0. The van der Waals surface area contributed by atoms with Gasteiger partial charge in [0.2, 0.25) is 0 Å². The van der Waals surface area contributed by atoms with Gasteiger partial charge in [-0.2, -0.15) is 0 Å². The van der Waals surface area contributed by atoms with Gasteiger partial charge in [-0.3, -0.25) is 4.99 Å². The number of guanidine groups is 1. The zero-order valence-electron chi connectivity index (χ0n) is 16.1. The van der Waals surface area contributed by atoms with E-state index >= 15 is 0 Å². The van der Waals surface area contributed by atoms with Crippen molar-refractivity contribution in [3.05, 3.63) is 66.2 Å². The van der Waals surface area contributed by atoms with E-state index in [2.05, 4.69) is 39.5 Å². The quantitative estimate of drug-likeness (QED) is 0.278. The molecule has 3 rings (SSSR count). The van der Waals surface area contributed by atoms with E-state index in [9.17, 15) is 8.42 Å². The minimum atomic E-state index is -3.22. The summed E-state index contributed by atoms with van der Waals surface area (Å²) in [6.07, 6.45) is 1.65. The molecule has 1 aliphatic heterocycles. The van der Waals surface area contributed by atoms with Crippen molar-refractivity contribution in [1.29, 1.82) is 0 Å². The fourth-order valence-corrected chi connectivity index (χ4v) is 4.82. The fraction of sp³-hybridized carbons (Fsp3) is 0.381. The lowest BCUT2D eigenvalue weighted by Crippen LogP contribution is -2.40. The van der Waals surface area contributed by atoms with Crippen molar-refractivity contribution in [3.63, 3.8) is 0 Å². The van der Waals surface area contributed by atoms with E-state index in [-0.39, 0.29) is 29.7 Å². The molecule has 0 spiro atoms. The summed E-state index contributed by atoms with van der Waals surface area (Å²) in [6, 6.07) is 19.2. The zero-order valence-corrected chi connectivity index (χ0v) is 19.3. The van der Waals surface area contributed by atoms with E-state index in [1.165, 1.54) is 5.56 Å². The molecule has 7 heteroatoms. The first-order chi connectivity index (χ1) is 13.1. The molecule has 1 fully saturated rings. The maximum atomic E-state index is 12.3. The number of nitrogens with zero attached hydrogens (tertiary/aromatic N) is 2. The molecule has 0 bridgehead atoms. The molecule has 0 amide bonds. The summed E-state index contributed by atoms with van der Waals surface area (Å²) in [6.45, 7) is 2.48. The topological polar surface area (TPSA) is 61.8 Å². The average Bonchev–Trinajstić information content (AvgIpc) is 3.19. The predicted molar refractivity (Wildman–Crippen MR) is 125 cm³/mol. The highest BCUT2D eigenvalue weighted by Crippen LogP contribution is 2.26. The van der Waals surface area contributed by atoms with Gasteiger partial charge in [-0.25, -0.2) is 8.42 Å². The molecule has 1 aliphatic rings. The smallest absolute Gasteiger partial charge is 0.193 e. The lowest BCUT2D eigenvalue weighted by Gasteiger charge is -2.21. The van der Waals surface area contributed by atoms with Gasteiger partial charge < -0.3 is 10.2 Å². The second kappa shape index (κ2) is 10.8. The number of aliphatic imine (C=N–C) groups is 1. The van der Waals surface area contributed by atoms with E-state index in [1.54, 1.807) is 31.3 Å². The van der Waals surface area contributed by atoms with Gasteiger partial charge >= 0.3 is 0 Å². The zero-order chi connectivity index (χ0) is 19.1. The van der Waals surface area contributed by atoms with Crippen LogP contribution in [0.5, 0.6) is 0 Å². The summed E-state index contributed by atoms with van der Waals surface area (Å²) >= 11 is 0. The maximum Gasteiger partial charge on any atom is 0.193 e. The minimum absolute atomic E-state index is 0. The van der Waals surface area contributed by atoms with Crippen LogP contribution >= 0.6 is 24.0 Å². The van der Waals surface area contributed by atoms with Gasteiger partial charge in [0.25, 0.3) is 0 Å². The van der Waals surface area contributed by atoms with Crippen molar-refractivity contribution in [1.82, 2.24) is 10.2 Å². The lowest BCUT2D eigenvalue weighted by molar-refractivity contribution is 0.486. The van der Waals surface area contributed by atoms with Gasteiger partial charge in [0.05, 0.1) is 10.6 Å². The van der Waals surface area contributed by atoms with Crippen LogP contribution in [0.4, 0.5) is 0 Å². The van der Waals surface area contributed by atoms with Crippen molar-refractivity contribution in [3.8, 4) is 0 Å². The first-order valence-electron chi connectivity index (χ1n) is 9.38. The number of hydrogen-bond acceptors (Lipinski definition) is 3. The molecule has 1 heterocycles. The van der Waals surface area contributed by atoms with Crippen LogP contribution in [0.3, 0.4) is 0 Å². The van der Waals surface area contributed by atoms with Crippen LogP contribution < -0.4 is 5.32 Å². The van der Waals surface area contributed by atoms with Gasteiger partial charge in [0, 0.05) is 32.6 Å². The molecule has 1 atom stereocenters. The highest BCUT2D eigenvalue weighted by molar-refractivity contribution is 14.0. The normalized spacial score (nSPS) is 17.2. The molecule has 1 saturated heterocycles. The molecule has 0 aliphatic carbocycles. The van der Waals surface area contributed by atoms with E-state index < -0.39 is 9.84 Å². The predicted octanol–water partition coefficient (Wildman–Crippen LogP) is 3.53. The Labute approximate surface area is 185 Å². The van der Waals surface area contributed by atoms with Gasteiger partial charge in [-0.15, -0.1) is 24.0 Å². The van der Waals surface area contributed by atoms with Crippen LogP contribution in [0.2, 0.25) is 0 Å². The molecule has 0 aromatic heterocycles. The largest absolute Gasteiger partial charge is 0.356 e. The number of sulfone groups is 1. The van der Waals surface area contributed by atoms with Gasteiger partial charge in [-0.05, 0) is 30.5 Å². The Morgan fingerprint density at radius 3 is 2.39 bits per heavy atom. The van der Waals surface area contributed by atoms with Crippen molar-refractivity contribution in [2.24, 2.45) is 4.99 Å². The Morgan fingerprint density at radius 1 is 1.11 bits per heavy atom. The highest BCUT2D eigenvalue weighted by Gasteiger charge is 2.25. The molecule has 2 aromatic carbocycles. The summed E-state index contributed by atoms with van der Waals surface area (Å²) in [7, 11) is -1.45. The van der Waals surface area contributed by atoms with E-state index in [0.29, 0.717) is 23.8 Å². The van der Waals surface area contributed by atoms with Crippen molar-refractivity contribution in [2.75, 3.05) is 32.4 Å². The number of rotatable bonds is 6. The third-order valence-corrected chi connectivity index (χ3v) is 6.76. The minimum Gasteiger partial charge on any atom is -0.356 e. The number of likely N-dealkylation sites (tertiary alicyclic amines) is 1. The molecule has 1 N–H and O–H groups in total. The summed E-state index contributed by atoms with van der Waals surface area (Å²) < 4.78 is 24.7. The Bertz CT molecular complexity index is 858. The Kier molecular flexibility index (Phi) is 8.75. The summed E-state index contributed by atoms with van der Waals surface area (Å²) in [5.74, 6) is 1.50. The van der Waals surface area contributed by atoms with Crippen LogP contribution in [0, 0.1) is 0 Å². The SMILES string of the molecule is CN=C(NCCCS(=O)(=O)c1ccccc1)N1CCC(c2ccccc2)C1.I. The summed E-state index contributed by atoms with van der Waals surface area (Å²) in [5.41, 5.74) is 1.37. The number of halogens is 1. The molecule has 0 saturated carbocycles. The number of hydrogen-bond donors (Lipinski definition) is 1. The third kappa shape index (κ3) is 5.94. The molecule has 1 unspecified atom stereocenters. The Morgan fingerprint density at radius 2 is 1.75 bits per heavy atom. The van der Waals surface area contributed by atoms with Gasteiger partial charge in [-0.1, -0.05) is 48.5 Å². The Hall–Kier alpha value is -1.61. The summed E-state index contributed by atoms with van der Waals surface area (Å²) in [4.78, 5) is 7.01. The van der Waals surface area contributed by atoms with E-state index in [1.807, 2.05) is 12.1 Å². The van der Waals surface area contributed by atoms with Crippen LogP contribution in [0.25, 0.3) is 0 Å². The Balaban J connectivity index is 0.00000280. The number of benzene rings is 2. The van der Waals surface area contributed by atoms with E-state index in [4.69, 9.17) is 0 Å². The van der Waals surface area contributed by atoms with Crippen molar-refractivity contribution >= 4 is 39.8 Å². The molecular formula is C21H28IN3O2S. The lowest BCUT2D eigenvalue weighted by atomic mass is 9.99. The molecule has 2 aromatic rings. The van der Waals surface area contributed by atoms with Crippen molar-refractivity contribution < 1.29 is 8.42 Å². The molecule has 0 radical (unpaired) electrons. The average molecular weight is 513 g/mol. The fourth-order valence-electron chi connectivity index (χ4n) is 3.49. The monoisotopic (exact) mass is 513 g/mol. The molecular weight excluding hydrogens is 485 g/mol. The van der Waals surface area contributed by atoms with Gasteiger partial charge in [0.1, 0.15) is 0 Å². The first kappa shape index (κ1) is 22.7. The highest BCUT2D eigenvalue weighted by atomic mass is 127. The second-order valence-corrected chi connectivity index (χ2v) is 8.91. The maximum absolute atomic E-state index is 12.3. The van der Waals surface area contributed by atoms with E-state index in [0.717, 1.165) is 25.5 Å². The van der Waals surface area contributed by atoms with Crippen LogP contribution in [-0.2, 0) is 9.84 Å². The molecule has 152 valence electrons. The third-order valence-electron chi connectivity index (χ3n) is 4.95. The number of nitrogens with one attached hydrogen (secondary N) is 1. The van der Waals surface area contributed by atoms with Gasteiger partial charge in [0.15, 0.2) is 15.8 Å². The van der Waals surface area contributed by atoms with Crippen LogP contribution in [-0.4, -0.2) is 51.7 Å². The standard InChI is InChI=1S/C21H27N3O2S.HI/c1-22-21(24-15-13-19(17-24)18-9-4-2-5-10-18)23-14-8-16-27(25,26)20-11-6-3-7-12-20;/h2-7,9-12,19H,8,13-17H2,1H3,(H,22,23);1H. The molecule has 28 heavy (non-hydrogen) atoms. The van der Waals surface area contributed by atoms with Crippen molar-refractivity contribution in [2.45, 2.75) is 23.7 Å². The van der Waals surface area contributed by atoms with Crippen LogP contribution in [0.15, 0.2) is 70.6 Å². The molecule has 5 nitrogen and oxygen atoms in total. The second-order valence-electron chi connectivity index (χ2n) is 6.80. The summed E-state index contributed by atoms with van der Waals surface area (Å²) in [5, 5.41) is 3.32.